The molecule has 1 aliphatic carbocycles. The molecule has 0 amide bonds. The van der Waals surface area contributed by atoms with Crippen LogP contribution in [0.15, 0.2) is 0 Å². The van der Waals surface area contributed by atoms with E-state index in [0.717, 1.165) is 19.3 Å². The largest absolute Gasteiger partial charge is 0.300 e. The Bertz CT molecular complexity index is 268. The molecule has 0 aromatic heterocycles. The van der Waals surface area contributed by atoms with Crippen LogP contribution in [0.4, 0.5) is 0 Å². The molecule has 0 aromatic rings. The van der Waals surface area contributed by atoms with Crippen molar-refractivity contribution in [3.63, 3.8) is 0 Å². The maximum absolute atomic E-state index is 12.3. The van der Waals surface area contributed by atoms with Gasteiger partial charge in [0.1, 0.15) is 11.6 Å². The molecule has 0 aliphatic heterocycles. The van der Waals surface area contributed by atoms with E-state index in [0.29, 0.717) is 24.0 Å². The highest BCUT2D eigenvalue weighted by Gasteiger charge is 2.36. The maximum atomic E-state index is 12.3. The molecule has 1 saturated carbocycles. The Balaban J connectivity index is 2.64. The lowest BCUT2D eigenvalue weighted by atomic mass is 9.69. The molecule has 0 radical (unpaired) electrons. The van der Waals surface area contributed by atoms with Gasteiger partial charge in [-0.1, -0.05) is 20.8 Å². The molecule has 2 nitrogen and oxygen atoms in total. The molecular weight excluding hydrogens is 200 g/mol. The molecule has 0 spiro atoms. The number of rotatable bonds is 4. The van der Waals surface area contributed by atoms with E-state index in [1.807, 2.05) is 0 Å². The molecule has 92 valence electrons. The first-order valence-corrected chi connectivity index (χ1v) is 6.46. The van der Waals surface area contributed by atoms with E-state index in [9.17, 15) is 9.59 Å². The van der Waals surface area contributed by atoms with Crippen molar-refractivity contribution < 1.29 is 9.59 Å². The average Bonchev–Trinajstić information content (AvgIpc) is 2.16. The van der Waals surface area contributed by atoms with Crippen molar-refractivity contribution in [2.75, 3.05) is 0 Å². The van der Waals surface area contributed by atoms with E-state index in [2.05, 4.69) is 20.8 Å². The lowest BCUT2D eigenvalue weighted by Gasteiger charge is -2.34. The van der Waals surface area contributed by atoms with Crippen LogP contribution >= 0.6 is 0 Å². The second kappa shape index (κ2) is 5.60. The highest BCUT2D eigenvalue weighted by Crippen LogP contribution is 2.36. The van der Waals surface area contributed by atoms with Crippen LogP contribution < -0.4 is 0 Å². The third-order valence-corrected chi connectivity index (χ3v) is 3.96. The molecule has 0 bridgehead atoms. The van der Waals surface area contributed by atoms with Gasteiger partial charge in [-0.15, -0.1) is 0 Å². The molecule has 1 fully saturated rings. The van der Waals surface area contributed by atoms with Gasteiger partial charge in [-0.05, 0) is 38.0 Å². The van der Waals surface area contributed by atoms with Crippen LogP contribution in [0.2, 0.25) is 0 Å². The molecule has 2 heteroatoms. The normalized spacial score (nSPS) is 30.8. The topological polar surface area (TPSA) is 34.1 Å². The number of hydrogen-bond donors (Lipinski definition) is 0. The van der Waals surface area contributed by atoms with Crippen LogP contribution in [-0.2, 0) is 9.59 Å². The summed E-state index contributed by atoms with van der Waals surface area (Å²) in [5.41, 5.74) is 0. The van der Waals surface area contributed by atoms with Crippen molar-refractivity contribution in [2.45, 2.75) is 53.4 Å². The third-order valence-electron chi connectivity index (χ3n) is 3.96. The summed E-state index contributed by atoms with van der Waals surface area (Å²) in [6.45, 7) is 8.01. The summed E-state index contributed by atoms with van der Waals surface area (Å²) in [6.07, 6.45) is 3.50. The minimum Gasteiger partial charge on any atom is -0.300 e. The second-order valence-electron chi connectivity index (χ2n) is 5.65. The first kappa shape index (κ1) is 13.4. The zero-order chi connectivity index (χ0) is 12.3. The summed E-state index contributed by atoms with van der Waals surface area (Å²) in [5, 5.41) is 0. The van der Waals surface area contributed by atoms with Gasteiger partial charge in [0.15, 0.2) is 0 Å². The van der Waals surface area contributed by atoms with Gasteiger partial charge in [-0.2, -0.15) is 0 Å². The quantitative estimate of drug-likeness (QED) is 0.734. The van der Waals surface area contributed by atoms with Crippen LogP contribution in [0.3, 0.4) is 0 Å². The van der Waals surface area contributed by atoms with Crippen LogP contribution in [0, 0.1) is 23.7 Å². The van der Waals surface area contributed by atoms with Crippen LogP contribution in [-0.4, -0.2) is 11.6 Å². The minimum absolute atomic E-state index is 0.130. The zero-order valence-corrected chi connectivity index (χ0v) is 11.0. The Kier molecular flexibility index (Phi) is 4.69. The van der Waals surface area contributed by atoms with E-state index in [1.165, 1.54) is 0 Å². The number of Topliss-reactive ketones (excluding diaryl/α,β-unsaturated/α-hetero) is 2. The fourth-order valence-corrected chi connectivity index (χ4v) is 2.79. The standard InChI is InChI=1S/C14H24O2/c1-9(2)12-7-5-10(3)13(14(12)16)8-6-11(4)15/h9-10,12-13H,5-8H2,1-4H3/t10-,12-,13-/m0/s1. The van der Waals surface area contributed by atoms with Gasteiger partial charge < -0.3 is 4.79 Å². The molecule has 0 saturated heterocycles. The van der Waals surface area contributed by atoms with E-state index < -0.39 is 0 Å². The number of carbonyl (C=O) groups is 2. The van der Waals surface area contributed by atoms with Gasteiger partial charge in [0, 0.05) is 18.3 Å². The van der Waals surface area contributed by atoms with Crippen LogP contribution in [0.1, 0.15) is 53.4 Å². The second-order valence-corrected chi connectivity index (χ2v) is 5.65. The van der Waals surface area contributed by atoms with Crippen molar-refractivity contribution >= 4 is 11.6 Å². The molecule has 3 atom stereocenters. The Labute approximate surface area is 98.8 Å². The van der Waals surface area contributed by atoms with Gasteiger partial charge in [0.2, 0.25) is 0 Å². The number of ketones is 2. The van der Waals surface area contributed by atoms with Gasteiger partial charge >= 0.3 is 0 Å². The molecule has 0 aromatic carbocycles. The van der Waals surface area contributed by atoms with E-state index in [4.69, 9.17) is 0 Å². The first-order valence-electron chi connectivity index (χ1n) is 6.46. The Morgan fingerprint density at radius 1 is 1.38 bits per heavy atom. The van der Waals surface area contributed by atoms with Gasteiger partial charge in [0.05, 0.1) is 0 Å². The summed E-state index contributed by atoms with van der Waals surface area (Å²) < 4.78 is 0. The van der Waals surface area contributed by atoms with Crippen LogP contribution in [0.25, 0.3) is 0 Å². The highest BCUT2D eigenvalue weighted by molar-refractivity contribution is 5.85. The fraction of sp³-hybridized carbons (Fsp3) is 0.857. The molecule has 1 aliphatic rings. The minimum atomic E-state index is 0.130. The summed E-state index contributed by atoms with van der Waals surface area (Å²) in [6, 6.07) is 0. The van der Waals surface area contributed by atoms with Gasteiger partial charge in [0.25, 0.3) is 0 Å². The SMILES string of the molecule is CC(=O)CC[C@@H]1C(=O)[C@H](C(C)C)CC[C@@H]1C. The van der Waals surface area contributed by atoms with Crippen molar-refractivity contribution in [1.29, 1.82) is 0 Å². The third kappa shape index (κ3) is 3.16. The zero-order valence-electron chi connectivity index (χ0n) is 11.0. The first-order chi connectivity index (χ1) is 7.43. The molecule has 0 heterocycles. The number of carbonyl (C=O) groups excluding carboxylic acids is 2. The lowest BCUT2D eigenvalue weighted by Crippen LogP contribution is -2.36. The van der Waals surface area contributed by atoms with Gasteiger partial charge in [-0.25, -0.2) is 0 Å². The fourth-order valence-electron chi connectivity index (χ4n) is 2.79. The smallest absolute Gasteiger partial charge is 0.139 e. The molecule has 1 rings (SSSR count). The Morgan fingerprint density at radius 3 is 2.50 bits per heavy atom. The van der Waals surface area contributed by atoms with Gasteiger partial charge in [-0.3, -0.25) is 4.79 Å². The molecular formula is C14H24O2. The highest BCUT2D eigenvalue weighted by atomic mass is 16.1. The number of hydrogen-bond acceptors (Lipinski definition) is 2. The predicted octanol–water partition coefficient (Wildman–Crippen LogP) is 3.24. The molecule has 0 unspecified atom stereocenters. The summed E-state index contributed by atoms with van der Waals surface area (Å²) in [4.78, 5) is 23.3. The summed E-state index contributed by atoms with van der Waals surface area (Å²) >= 11 is 0. The maximum Gasteiger partial charge on any atom is 0.139 e. The van der Waals surface area contributed by atoms with E-state index >= 15 is 0 Å². The Hall–Kier alpha value is -0.660. The van der Waals surface area contributed by atoms with Crippen molar-refractivity contribution in [2.24, 2.45) is 23.7 Å². The van der Waals surface area contributed by atoms with E-state index in [-0.39, 0.29) is 17.6 Å². The van der Waals surface area contributed by atoms with Crippen molar-refractivity contribution in [3.05, 3.63) is 0 Å². The summed E-state index contributed by atoms with van der Waals surface area (Å²) in [5.74, 6) is 1.88. The average molecular weight is 224 g/mol. The molecule has 0 N–H and O–H groups in total. The van der Waals surface area contributed by atoms with Crippen LogP contribution in [0.5, 0.6) is 0 Å². The Morgan fingerprint density at radius 2 is 2.00 bits per heavy atom. The molecule has 16 heavy (non-hydrogen) atoms. The van der Waals surface area contributed by atoms with E-state index in [1.54, 1.807) is 6.92 Å². The van der Waals surface area contributed by atoms with Crippen molar-refractivity contribution in [3.8, 4) is 0 Å². The van der Waals surface area contributed by atoms with Crippen molar-refractivity contribution in [1.82, 2.24) is 0 Å². The predicted molar refractivity (Wildman–Crippen MR) is 65.1 cm³/mol. The lowest BCUT2D eigenvalue weighted by molar-refractivity contribution is -0.133. The monoisotopic (exact) mass is 224 g/mol. The summed E-state index contributed by atoms with van der Waals surface area (Å²) in [7, 11) is 0.